The highest BCUT2D eigenvalue weighted by molar-refractivity contribution is 9.10. The molecule has 0 N–H and O–H groups in total. The Morgan fingerprint density at radius 1 is 0.862 bits per heavy atom. The number of thiophene rings is 2. The second-order valence-electron chi connectivity index (χ2n) is 7.53. The van der Waals surface area contributed by atoms with Gasteiger partial charge in [0.1, 0.15) is 11.3 Å². The monoisotopic (exact) mass is 482 g/mol. The molecule has 29 heavy (non-hydrogen) atoms. The smallest absolute Gasteiger partial charge is 0.141 e. The number of hydrogen-bond donors (Lipinski definition) is 0. The van der Waals surface area contributed by atoms with Crippen molar-refractivity contribution < 1.29 is 0 Å². The summed E-state index contributed by atoms with van der Waals surface area (Å²) < 4.78 is 6.27. The third-order valence-corrected chi connectivity index (χ3v) is 7.98. The number of benzene rings is 2. The number of unbranched alkanes of at least 4 members (excludes halogenated alkanes) is 4. The summed E-state index contributed by atoms with van der Waals surface area (Å²) in [6, 6.07) is 13.1. The van der Waals surface area contributed by atoms with Gasteiger partial charge in [0.15, 0.2) is 0 Å². The Hall–Kier alpha value is -1.69. The van der Waals surface area contributed by atoms with Crippen LogP contribution in [0.5, 0.6) is 0 Å². The summed E-state index contributed by atoms with van der Waals surface area (Å²) in [5, 5.41) is 7.13. The fourth-order valence-electron chi connectivity index (χ4n) is 4.16. The van der Waals surface area contributed by atoms with Gasteiger partial charge in [0.25, 0.3) is 0 Å². The number of nitrogens with zero attached hydrogens (tertiary/aromatic N) is 2. The van der Waals surface area contributed by atoms with Crippen molar-refractivity contribution in [3.8, 4) is 11.4 Å². The Balaban J connectivity index is 1.71. The van der Waals surface area contributed by atoms with E-state index in [1.54, 1.807) is 0 Å². The molecule has 0 amide bonds. The molecular weight excluding hydrogens is 460 g/mol. The van der Waals surface area contributed by atoms with Crippen molar-refractivity contribution in [2.75, 3.05) is 0 Å². The van der Waals surface area contributed by atoms with E-state index in [4.69, 9.17) is 4.98 Å². The van der Waals surface area contributed by atoms with Crippen LogP contribution < -0.4 is 0 Å². The molecule has 0 bridgehead atoms. The quantitative estimate of drug-likeness (QED) is 0.211. The maximum atomic E-state index is 5.22. The number of rotatable bonds is 7. The van der Waals surface area contributed by atoms with Crippen LogP contribution in [-0.4, -0.2) is 9.55 Å². The van der Waals surface area contributed by atoms with Gasteiger partial charge in [0, 0.05) is 27.4 Å². The first-order chi connectivity index (χ1) is 14.3. The molecule has 3 aromatic heterocycles. The molecule has 148 valence electrons. The Morgan fingerprint density at radius 3 is 2.31 bits per heavy atom. The summed E-state index contributed by atoms with van der Waals surface area (Å²) >= 11 is 7.22. The van der Waals surface area contributed by atoms with E-state index in [0.29, 0.717) is 0 Å². The highest BCUT2D eigenvalue weighted by Crippen LogP contribution is 2.42. The molecule has 5 rings (SSSR count). The van der Waals surface area contributed by atoms with Crippen LogP contribution in [0.15, 0.2) is 51.6 Å². The molecule has 2 aromatic carbocycles. The SMILES string of the molecule is CCCCCCCn1c(-c2ccc(Br)cc2)nc2c3sccc3c3ccsc3c21. The summed E-state index contributed by atoms with van der Waals surface area (Å²) in [6.07, 6.45) is 6.41. The average Bonchev–Trinajstić information content (AvgIpc) is 3.45. The zero-order chi connectivity index (χ0) is 19.8. The predicted octanol–water partition coefficient (Wildman–Crippen LogP) is 8.87. The van der Waals surface area contributed by atoms with Crippen LogP contribution >= 0.6 is 38.6 Å². The fraction of sp³-hybridized carbons (Fsp3) is 0.292. The van der Waals surface area contributed by atoms with Gasteiger partial charge in [-0.3, -0.25) is 0 Å². The summed E-state index contributed by atoms with van der Waals surface area (Å²) in [5.74, 6) is 1.10. The van der Waals surface area contributed by atoms with E-state index in [2.05, 4.69) is 74.6 Å². The van der Waals surface area contributed by atoms with E-state index in [1.165, 1.54) is 63.4 Å². The van der Waals surface area contributed by atoms with E-state index < -0.39 is 0 Å². The standard InChI is InChI=1S/C24H23BrN2S2/c1-2-3-4-5-6-13-27-21-20(26-24(27)16-7-9-17(25)10-8-16)22-18(11-14-28-22)19-12-15-29-23(19)21/h7-12,14-15H,2-6,13H2,1H3. The lowest BCUT2D eigenvalue weighted by Crippen LogP contribution is -2.01. The van der Waals surface area contributed by atoms with Crippen LogP contribution in [0.4, 0.5) is 0 Å². The lowest BCUT2D eigenvalue weighted by molar-refractivity contribution is 0.578. The van der Waals surface area contributed by atoms with Crippen LogP contribution in [0.1, 0.15) is 39.0 Å². The molecule has 0 aliphatic rings. The number of aryl methyl sites for hydroxylation is 1. The molecule has 3 heterocycles. The Bertz CT molecular complexity index is 1280. The number of hydrogen-bond acceptors (Lipinski definition) is 3. The largest absolute Gasteiger partial charge is 0.323 e. The molecule has 0 saturated heterocycles. The van der Waals surface area contributed by atoms with Crippen molar-refractivity contribution in [2.45, 2.75) is 45.6 Å². The first-order valence-corrected chi connectivity index (χ1v) is 12.9. The lowest BCUT2D eigenvalue weighted by atomic mass is 10.1. The molecule has 0 saturated carbocycles. The van der Waals surface area contributed by atoms with Gasteiger partial charge < -0.3 is 4.57 Å². The van der Waals surface area contributed by atoms with Gasteiger partial charge in [0.05, 0.1) is 14.9 Å². The van der Waals surface area contributed by atoms with Gasteiger partial charge in [-0.1, -0.05) is 60.7 Å². The first-order valence-electron chi connectivity index (χ1n) is 10.3. The van der Waals surface area contributed by atoms with Crippen molar-refractivity contribution in [2.24, 2.45) is 0 Å². The molecule has 0 aliphatic carbocycles. The zero-order valence-corrected chi connectivity index (χ0v) is 19.7. The molecule has 0 aliphatic heterocycles. The Labute approximate surface area is 187 Å². The molecular formula is C24H23BrN2S2. The normalized spacial score (nSPS) is 11.9. The lowest BCUT2D eigenvalue weighted by Gasteiger charge is -2.10. The predicted molar refractivity (Wildman–Crippen MR) is 132 cm³/mol. The molecule has 2 nitrogen and oxygen atoms in total. The molecule has 0 radical (unpaired) electrons. The highest BCUT2D eigenvalue weighted by Gasteiger charge is 2.20. The van der Waals surface area contributed by atoms with Gasteiger partial charge >= 0.3 is 0 Å². The van der Waals surface area contributed by atoms with Crippen LogP contribution in [0.2, 0.25) is 0 Å². The van der Waals surface area contributed by atoms with E-state index in [-0.39, 0.29) is 0 Å². The van der Waals surface area contributed by atoms with Crippen molar-refractivity contribution in [1.29, 1.82) is 0 Å². The van der Waals surface area contributed by atoms with Gasteiger partial charge in [-0.2, -0.15) is 0 Å². The third kappa shape index (κ3) is 3.43. The van der Waals surface area contributed by atoms with Gasteiger partial charge in [-0.05, 0) is 41.4 Å². The topological polar surface area (TPSA) is 17.8 Å². The van der Waals surface area contributed by atoms with E-state index in [9.17, 15) is 0 Å². The highest BCUT2D eigenvalue weighted by atomic mass is 79.9. The second-order valence-corrected chi connectivity index (χ2v) is 10.3. The zero-order valence-electron chi connectivity index (χ0n) is 16.5. The van der Waals surface area contributed by atoms with Crippen LogP contribution in [0.25, 0.3) is 42.6 Å². The summed E-state index contributed by atoms with van der Waals surface area (Å²) in [6.45, 7) is 3.30. The second kappa shape index (κ2) is 8.21. The number of aromatic nitrogens is 2. The van der Waals surface area contributed by atoms with Crippen molar-refractivity contribution in [1.82, 2.24) is 9.55 Å². The maximum Gasteiger partial charge on any atom is 0.141 e. The molecule has 0 spiro atoms. The third-order valence-electron chi connectivity index (χ3n) is 5.61. The molecule has 0 unspecified atom stereocenters. The number of imidazole rings is 1. The van der Waals surface area contributed by atoms with Crippen molar-refractivity contribution in [3.05, 3.63) is 51.6 Å². The summed E-state index contributed by atoms with van der Waals surface area (Å²) in [5.41, 5.74) is 3.67. The number of fused-ring (bicyclic) bond motifs is 6. The minimum Gasteiger partial charge on any atom is -0.323 e. The van der Waals surface area contributed by atoms with Crippen LogP contribution in [0, 0.1) is 0 Å². The van der Waals surface area contributed by atoms with E-state index >= 15 is 0 Å². The molecule has 0 atom stereocenters. The average molecular weight is 484 g/mol. The molecule has 5 heteroatoms. The Morgan fingerprint density at radius 2 is 1.55 bits per heavy atom. The van der Waals surface area contributed by atoms with Gasteiger partial charge in [-0.15, -0.1) is 22.7 Å². The maximum absolute atomic E-state index is 5.22. The van der Waals surface area contributed by atoms with Crippen molar-refractivity contribution in [3.63, 3.8) is 0 Å². The number of halogens is 1. The molecule has 5 aromatic rings. The van der Waals surface area contributed by atoms with Gasteiger partial charge in [0.2, 0.25) is 0 Å². The van der Waals surface area contributed by atoms with E-state index in [1.807, 2.05) is 22.7 Å². The summed E-state index contributed by atoms with van der Waals surface area (Å²) in [7, 11) is 0. The minimum atomic E-state index is 1.02. The minimum absolute atomic E-state index is 1.02. The Kier molecular flexibility index (Phi) is 5.46. The van der Waals surface area contributed by atoms with Gasteiger partial charge in [-0.25, -0.2) is 4.98 Å². The van der Waals surface area contributed by atoms with E-state index in [0.717, 1.165) is 22.4 Å². The fourth-order valence-corrected chi connectivity index (χ4v) is 6.29. The summed E-state index contributed by atoms with van der Waals surface area (Å²) in [4.78, 5) is 5.22. The molecule has 0 fully saturated rings. The van der Waals surface area contributed by atoms with Crippen molar-refractivity contribution >= 4 is 69.8 Å². The van der Waals surface area contributed by atoms with Crippen LogP contribution in [-0.2, 0) is 6.54 Å². The first kappa shape index (κ1) is 19.3. The van der Waals surface area contributed by atoms with Crippen LogP contribution in [0.3, 0.4) is 0 Å².